The lowest BCUT2D eigenvalue weighted by atomic mass is 10.0. The molecule has 0 spiro atoms. The Morgan fingerprint density at radius 1 is 1.44 bits per heavy atom. The average Bonchev–Trinajstić information content (AvgIpc) is 2.16. The van der Waals surface area contributed by atoms with Crippen LogP contribution in [0.4, 0.5) is 4.39 Å². The Balaban J connectivity index is 3.06. The van der Waals surface area contributed by atoms with Gasteiger partial charge in [-0.25, -0.2) is 9.18 Å². The first-order valence-electron chi connectivity index (χ1n) is 4.72. The smallest absolute Gasteiger partial charge is 0.338 e. The van der Waals surface area contributed by atoms with Crippen LogP contribution in [0.3, 0.4) is 0 Å². The molecule has 5 heteroatoms. The summed E-state index contributed by atoms with van der Waals surface area (Å²) in [5.74, 6) is -2.35. The number of halogens is 1. The van der Waals surface area contributed by atoms with Gasteiger partial charge in [0.1, 0.15) is 5.82 Å². The van der Waals surface area contributed by atoms with Crippen LogP contribution < -0.4 is 0 Å². The number of carbonyl (C=O) groups excluding carboxylic acids is 1. The van der Waals surface area contributed by atoms with Gasteiger partial charge in [0.05, 0.1) is 18.6 Å². The fraction of sp³-hybridized carbons (Fsp3) is 0.273. The number of benzene rings is 1. The van der Waals surface area contributed by atoms with Crippen LogP contribution in [0.25, 0.3) is 0 Å². The first kappa shape index (κ1) is 12.2. The average molecular weight is 226 g/mol. The molecule has 0 bridgehead atoms. The van der Waals surface area contributed by atoms with Crippen molar-refractivity contribution in [1.82, 2.24) is 0 Å². The summed E-state index contributed by atoms with van der Waals surface area (Å²) < 4.78 is 17.6. The summed E-state index contributed by atoms with van der Waals surface area (Å²) in [6, 6.07) is 3.35. The summed E-state index contributed by atoms with van der Waals surface area (Å²) >= 11 is 0. The minimum absolute atomic E-state index is 0.0886. The number of esters is 1. The lowest BCUT2D eigenvalue weighted by molar-refractivity contribution is -0.136. The Labute approximate surface area is 91.7 Å². The Hall–Kier alpha value is -1.91. The largest absolute Gasteiger partial charge is 0.481 e. The Morgan fingerprint density at radius 2 is 2.12 bits per heavy atom. The lowest BCUT2D eigenvalue weighted by Crippen LogP contribution is -2.11. The van der Waals surface area contributed by atoms with Crippen LogP contribution in [0.15, 0.2) is 18.2 Å². The summed E-state index contributed by atoms with van der Waals surface area (Å²) in [5, 5.41) is 8.62. The highest BCUT2D eigenvalue weighted by atomic mass is 19.1. The van der Waals surface area contributed by atoms with Crippen molar-refractivity contribution in [2.45, 2.75) is 13.3 Å². The summed E-state index contributed by atoms with van der Waals surface area (Å²) in [7, 11) is 0. The van der Waals surface area contributed by atoms with Gasteiger partial charge in [0, 0.05) is 0 Å². The van der Waals surface area contributed by atoms with E-state index in [1.165, 1.54) is 6.07 Å². The third-order valence-corrected chi connectivity index (χ3v) is 1.90. The van der Waals surface area contributed by atoms with Crippen LogP contribution in [0, 0.1) is 5.82 Å². The first-order chi connectivity index (χ1) is 7.54. The van der Waals surface area contributed by atoms with Crippen LogP contribution in [-0.4, -0.2) is 23.7 Å². The van der Waals surface area contributed by atoms with Gasteiger partial charge in [-0.05, 0) is 30.7 Å². The van der Waals surface area contributed by atoms with Crippen molar-refractivity contribution in [2.75, 3.05) is 6.61 Å². The molecular weight excluding hydrogens is 215 g/mol. The number of carboxylic acid groups (broad SMARTS) is 1. The summed E-state index contributed by atoms with van der Waals surface area (Å²) in [6.45, 7) is 1.82. The second kappa shape index (κ2) is 5.25. The van der Waals surface area contributed by atoms with E-state index in [0.717, 1.165) is 12.1 Å². The predicted molar refractivity (Wildman–Crippen MR) is 53.7 cm³/mol. The van der Waals surface area contributed by atoms with Crippen LogP contribution in [-0.2, 0) is 16.0 Å². The van der Waals surface area contributed by atoms with Crippen molar-refractivity contribution in [3.8, 4) is 0 Å². The number of hydrogen-bond donors (Lipinski definition) is 1. The molecule has 0 heterocycles. The third kappa shape index (κ3) is 3.05. The van der Waals surface area contributed by atoms with Crippen molar-refractivity contribution >= 4 is 11.9 Å². The molecule has 1 aromatic rings. The molecule has 1 aromatic carbocycles. The summed E-state index contributed by atoms with van der Waals surface area (Å²) in [4.78, 5) is 22.0. The SMILES string of the molecule is CCOC(=O)c1ccc(F)cc1CC(=O)O. The first-order valence-corrected chi connectivity index (χ1v) is 4.72. The molecule has 86 valence electrons. The van der Waals surface area contributed by atoms with E-state index in [0.29, 0.717) is 0 Å². The highest BCUT2D eigenvalue weighted by Crippen LogP contribution is 2.13. The second-order valence-corrected chi connectivity index (χ2v) is 3.09. The van der Waals surface area contributed by atoms with Crippen LogP contribution >= 0.6 is 0 Å². The second-order valence-electron chi connectivity index (χ2n) is 3.09. The summed E-state index contributed by atoms with van der Waals surface area (Å²) in [6.07, 6.45) is -0.411. The van der Waals surface area contributed by atoms with Gasteiger partial charge < -0.3 is 9.84 Å². The van der Waals surface area contributed by atoms with Crippen LogP contribution in [0.5, 0.6) is 0 Å². The molecule has 0 amide bonds. The van der Waals surface area contributed by atoms with Gasteiger partial charge in [0.15, 0.2) is 0 Å². The molecular formula is C11H11FO4. The number of ether oxygens (including phenoxy) is 1. The molecule has 0 aliphatic carbocycles. The number of rotatable bonds is 4. The number of aliphatic carboxylic acids is 1. The van der Waals surface area contributed by atoms with E-state index in [4.69, 9.17) is 9.84 Å². The van der Waals surface area contributed by atoms with E-state index >= 15 is 0 Å². The molecule has 0 unspecified atom stereocenters. The van der Waals surface area contributed by atoms with E-state index in [1.807, 2.05) is 0 Å². The number of hydrogen-bond acceptors (Lipinski definition) is 3. The molecule has 1 rings (SSSR count). The van der Waals surface area contributed by atoms with E-state index in [9.17, 15) is 14.0 Å². The monoisotopic (exact) mass is 226 g/mol. The van der Waals surface area contributed by atoms with Gasteiger partial charge in [0.2, 0.25) is 0 Å². The third-order valence-electron chi connectivity index (χ3n) is 1.90. The molecule has 0 aromatic heterocycles. The lowest BCUT2D eigenvalue weighted by Gasteiger charge is -2.06. The highest BCUT2D eigenvalue weighted by molar-refractivity contribution is 5.92. The molecule has 0 saturated carbocycles. The maximum Gasteiger partial charge on any atom is 0.338 e. The Kier molecular flexibility index (Phi) is 3.99. The van der Waals surface area contributed by atoms with Crippen molar-refractivity contribution in [3.05, 3.63) is 35.1 Å². The molecule has 1 N–H and O–H groups in total. The van der Waals surface area contributed by atoms with Crippen molar-refractivity contribution < 1.29 is 23.8 Å². The summed E-state index contributed by atoms with van der Waals surface area (Å²) in [5.41, 5.74) is 0.205. The number of carbonyl (C=O) groups is 2. The van der Waals surface area contributed by atoms with Gasteiger partial charge in [-0.2, -0.15) is 0 Å². The van der Waals surface area contributed by atoms with Crippen LogP contribution in [0.2, 0.25) is 0 Å². The van der Waals surface area contributed by atoms with E-state index in [-0.39, 0.29) is 17.7 Å². The van der Waals surface area contributed by atoms with E-state index in [2.05, 4.69) is 0 Å². The van der Waals surface area contributed by atoms with Gasteiger partial charge in [-0.15, -0.1) is 0 Å². The number of carboxylic acids is 1. The highest BCUT2D eigenvalue weighted by Gasteiger charge is 2.15. The zero-order valence-corrected chi connectivity index (χ0v) is 8.70. The topological polar surface area (TPSA) is 63.6 Å². The molecule has 16 heavy (non-hydrogen) atoms. The van der Waals surface area contributed by atoms with Crippen molar-refractivity contribution in [1.29, 1.82) is 0 Å². The Morgan fingerprint density at radius 3 is 2.69 bits per heavy atom. The Bertz CT molecular complexity index is 414. The van der Waals surface area contributed by atoms with Crippen molar-refractivity contribution in [2.24, 2.45) is 0 Å². The normalized spacial score (nSPS) is 9.88. The maximum absolute atomic E-state index is 12.9. The minimum atomic E-state index is -1.13. The zero-order valence-electron chi connectivity index (χ0n) is 8.70. The molecule has 0 radical (unpaired) electrons. The van der Waals surface area contributed by atoms with Gasteiger partial charge in [-0.1, -0.05) is 0 Å². The molecule has 0 saturated heterocycles. The fourth-order valence-corrected chi connectivity index (χ4v) is 1.28. The minimum Gasteiger partial charge on any atom is -0.481 e. The quantitative estimate of drug-likeness (QED) is 0.792. The molecule has 0 atom stereocenters. The molecule has 0 fully saturated rings. The van der Waals surface area contributed by atoms with Crippen molar-refractivity contribution in [3.63, 3.8) is 0 Å². The van der Waals surface area contributed by atoms with E-state index in [1.54, 1.807) is 6.92 Å². The standard InChI is InChI=1S/C11H11FO4/c1-2-16-11(15)9-4-3-8(12)5-7(9)6-10(13)14/h3-5H,2,6H2,1H3,(H,13,14). The van der Waals surface area contributed by atoms with E-state index < -0.39 is 24.2 Å². The van der Waals surface area contributed by atoms with Gasteiger partial charge in [0.25, 0.3) is 0 Å². The zero-order chi connectivity index (χ0) is 12.1. The predicted octanol–water partition coefficient (Wildman–Crippen LogP) is 1.63. The molecule has 0 aliphatic heterocycles. The molecule has 4 nitrogen and oxygen atoms in total. The molecule has 0 aliphatic rings. The van der Waals surface area contributed by atoms with Crippen LogP contribution in [0.1, 0.15) is 22.8 Å². The fourth-order valence-electron chi connectivity index (χ4n) is 1.28. The maximum atomic E-state index is 12.9. The van der Waals surface area contributed by atoms with Gasteiger partial charge in [-0.3, -0.25) is 4.79 Å². The van der Waals surface area contributed by atoms with Gasteiger partial charge >= 0.3 is 11.9 Å².